The second-order valence-electron chi connectivity index (χ2n) is 6.27. The normalized spacial score (nSPS) is 11.1. The molecule has 0 radical (unpaired) electrons. The highest BCUT2D eigenvalue weighted by molar-refractivity contribution is 5.90. The van der Waals surface area contributed by atoms with Crippen molar-refractivity contribution >= 4 is 16.6 Å². The highest BCUT2D eigenvalue weighted by Crippen LogP contribution is 2.32. The SMILES string of the molecule is C=C(c1ccc(C)cc1)n1c(C)c(CC)c2cc(CC)ccc21. The van der Waals surface area contributed by atoms with Crippen LogP contribution < -0.4 is 0 Å². The lowest BCUT2D eigenvalue weighted by molar-refractivity contribution is 1.03. The zero-order valence-electron chi connectivity index (χ0n) is 14.6. The average molecular weight is 303 g/mol. The number of fused-ring (bicyclic) bond motifs is 1. The maximum Gasteiger partial charge on any atom is 0.0534 e. The molecule has 3 aromatic rings. The number of nitrogens with zero attached hydrogens (tertiary/aromatic N) is 1. The van der Waals surface area contributed by atoms with E-state index in [2.05, 4.69) is 81.3 Å². The number of benzene rings is 2. The standard InChI is InChI=1S/C22H25N/c1-6-18-10-13-22-21(14-18)20(7-2)17(5)23(22)16(4)19-11-8-15(3)9-12-19/h8-14H,4,6-7H2,1-3,5H3. The van der Waals surface area contributed by atoms with E-state index in [-0.39, 0.29) is 0 Å². The van der Waals surface area contributed by atoms with Gasteiger partial charge in [0.1, 0.15) is 0 Å². The van der Waals surface area contributed by atoms with Gasteiger partial charge in [-0.3, -0.25) is 0 Å². The summed E-state index contributed by atoms with van der Waals surface area (Å²) in [6, 6.07) is 15.5. The van der Waals surface area contributed by atoms with Crippen LogP contribution in [0.1, 0.15) is 41.8 Å². The van der Waals surface area contributed by atoms with E-state index in [1.54, 1.807) is 0 Å². The molecular formula is C22H25N. The predicted octanol–water partition coefficient (Wildman–Crippen LogP) is 5.90. The lowest BCUT2D eigenvalue weighted by atomic mass is 10.1. The molecule has 1 aromatic heterocycles. The van der Waals surface area contributed by atoms with Crippen molar-refractivity contribution in [3.8, 4) is 0 Å². The van der Waals surface area contributed by atoms with Gasteiger partial charge in [0, 0.05) is 16.8 Å². The molecule has 2 aromatic carbocycles. The fourth-order valence-electron chi connectivity index (χ4n) is 3.42. The van der Waals surface area contributed by atoms with E-state index in [0.717, 1.165) is 18.5 Å². The van der Waals surface area contributed by atoms with Crippen LogP contribution in [0.4, 0.5) is 0 Å². The molecule has 118 valence electrons. The van der Waals surface area contributed by atoms with E-state index in [4.69, 9.17) is 0 Å². The van der Waals surface area contributed by atoms with Crippen molar-refractivity contribution in [3.63, 3.8) is 0 Å². The first-order valence-corrected chi connectivity index (χ1v) is 8.46. The summed E-state index contributed by atoms with van der Waals surface area (Å²) in [5.41, 5.74) is 8.91. The Labute approximate surface area is 139 Å². The molecule has 1 heterocycles. The van der Waals surface area contributed by atoms with Crippen molar-refractivity contribution in [2.45, 2.75) is 40.5 Å². The smallest absolute Gasteiger partial charge is 0.0534 e. The van der Waals surface area contributed by atoms with E-state index in [1.165, 1.54) is 38.9 Å². The Balaban J connectivity index is 2.22. The summed E-state index contributed by atoms with van der Waals surface area (Å²) < 4.78 is 2.32. The Morgan fingerprint density at radius 1 is 0.957 bits per heavy atom. The van der Waals surface area contributed by atoms with Gasteiger partial charge in [0.15, 0.2) is 0 Å². The van der Waals surface area contributed by atoms with E-state index in [0.29, 0.717) is 0 Å². The van der Waals surface area contributed by atoms with Crippen molar-refractivity contribution in [2.75, 3.05) is 0 Å². The van der Waals surface area contributed by atoms with Gasteiger partial charge < -0.3 is 4.57 Å². The third-order valence-electron chi connectivity index (χ3n) is 4.82. The van der Waals surface area contributed by atoms with Crippen LogP contribution >= 0.6 is 0 Å². The zero-order chi connectivity index (χ0) is 16.6. The predicted molar refractivity (Wildman–Crippen MR) is 101 cm³/mol. The molecular weight excluding hydrogens is 278 g/mol. The van der Waals surface area contributed by atoms with Gasteiger partial charge in [-0.2, -0.15) is 0 Å². The van der Waals surface area contributed by atoms with Crippen LogP contribution in [0.5, 0.6) is 0 Å². The van der Waals surface area contributed by atoms with Crippen molar-refractivity contribution < 1.29 is 0 Å². The summed E-state index contributed by atoms with van der Waals surface area (Å²) in [7, 11) is 0. The zero-order valence-corrected chi connectivity index (χ0v) is 14.6. The first-order chi connectivity index (χ1) is 11.1. The van der Waals surface area contributed by atoms with Crippen molar-refractivity contribution in [2.24, 2.45) is 0 Å². The molecule has 0 amide bonds. The fraction of sp³-hybridized carbons (Fsp3) is 0.273. The van der Waals surface area contributed by atoms with Gasteiger partial charge in [0.25, 0.3) is 0 Å². The number of rotatable bonds is 4. The Morgan fingerprint density at radius 2 is 1.65 bits per heavy atom. The molecule has 23 heavy (non-hydrogen) atoms. The quantitative estimate of drug-likeness (QED) is 0.565. The Bertz CT molecular complexity index is 863. The molecule has 1 heteroatoms. The van der Waals surface area contributed by atoms with Crippen molar-refractivity contribution in [1.29, 1.82) is 0 Å². The van der Waals surface area contributed by atoms with E-state index in [9.17, 15) is 0 Å². The molecule has 0 spiro atoms. The van der Waals surface area contributed by atoms with Crippen LogP contribution in [-0.4, -0.2) is 4.57 Å². The number of aryl methyl sites for hydroxylation is 3. The first-order valence-electron chi connectivity index (χ1n) is 8.46. The van der Waals surface area contributed by atoms with Gasteiger partial charge in [0.05, 0.1) is 5.52 Å². The minimum absolute atomic E-state index is 1.05. The Hall–Kier alpha value is -2.28. The first kappa shape index (κ1) is 15.6. The van der Waals surface area contributed by atoms with Gasteiger partial charge >= 0.3 is 0 Å². The van der Waals surface area contributed by atoms with Crippen LogP contribution in [0.3, 0.4) is 0 Å². The van der Waals surface area contributed by atoms with E-state index < -0.39 is 0 Å². The van der Waals surface area contributed by atoms with Crippen LogP contribution in [0.2, 0.25) is 0 Å². The van der Waals surface area contributed by atoms with Gasteiger partial charge in [-0.15, -0.1) is 0 Å². The van der Waals surface area contributed by atoms with Crippen LogP contribution in [0.25, 0.3) is 16.6 Å². The summed E-state index contributed by atoms with van der Waals surface area (Å²) in [6.45, 7) is 13.2. The fourth-order valence-corrected chi connectivity index (χ4v) is 3.42. The lowest BCUT2D eigenvalue weighted by Gasteiger charge is -2.13. The topological polar surface area (TPSA) is 4.93 Å². The molecule has 1 nitrogen and oxygen atoms in total. The number of hydrogen-bond acceptors (Lipinski definition) is 0. The summed E-state index contributed by atoms with van der Waals surface area (Å²) in [5.74, 6) is 0. The summed E-state index contributed by atoms with van der Waals surface area (Å²) in [4.78, 5) is 0. The maximum absolute atomic E-state index is 4.39. The third kappa shape index (κ3) is 2.61. The molecule has 0 N–H and O–H groups in total. The Morgan fingerprint density at radius 3 is 2.26 bits per heavy atom. The van der Waals surface area contributed by atoms with Crippen LogP contribution in [0.15, 0.2) is 49.0 Å². The van der Waals surface area contributed by atoms with Gasteiger partial charge in [-0.25, -0.2) is 0 Å². The summed E-state index contributed by atoms with van der Waals surface area (Å²) in [5, 5.41) is 1.37. The molecule has 0 bridgehead atoms. The highest BCUT2D eigenvalue weighted by Gasteiger charge is 2.15. The van der Waals surface area contributed by atoms with Crippen molar-refractivity contribution in [3.05, 3.63) is 77.0 Å². The molecule has 0 atom stereocenters. The monoisotopic (exact) mass is 303 g/mol. The molecule has 0 unspecified atom stereocenters. The van der Waals surface area contributed by atoms with Crippen LogP contribution in [0, 0.1) is 13.8 Å². The lowest BCUT2D eigenvalue weighted by Crippen LogP contribution is -2.00. The molecule has 0 aliphatic heterocycles. The number of hydrogen-bond donors (Lipinski definition) is 0. The number of aromatic nitrogens is 1. The van der Waals surface area contributed by atoms with Crippen molar-refractivity contribution in [1.82, 2.24) is 4.57 Å². The van der Waals surface area contributed by atoms with E-state index in [1.807, 2.05) is 0 Å². The third-order valence-corrected chi connectivity index (χ3v) is 4.82. The maximum atomic E-state index is 4.39. The molecule has 0 saturated heterocycles. The largest absolute Gasteiger partial charge is 0.314 e. The summed E-state index contributed by atoms with van der Waals surface area (Å²) in [6.07, 6.45) is 2.12. The molecule has 3 rings (SSSR count). The minimum atomic E-state index is 1.05. The average Bonchev–Trinajstić information content (AvgIpc) is 2.85. The second kappa shape index (κ2) is 6.08. The molecule has 0 fully saturated rings. The molecule has 0 saturated carbocycles. The minimum Gasteiger partial charge on any atom is -0.314 e. The Kier molecular flexibility index (Phi) is 4.12. The van der Waals surface area contributed by atoms with Gasteiger partial charge in [-0.1, -0.05) is 56.3 Å². The molecule has 0 aliphatic rings. The highest BCUT2D eigenvalue weighted by atomic mass is 15.0. The van der Waals surface area contributed by atoms with Crippen LogP contribution in [-0.2, 0) is 12.8 Å². The van der Waals surface area contributed by atoms with Gasteiger partial charge in [-0.05, 0) is 55.5 Å². The van der Waals surface area contributed by atoms with Gasteiger partial charge in [0.2, 0.25) is 0 Å². The summed E-state index contributed by atoms with van der Waals surface area (Å²) >= 11 is 0. The van der Waals surface area contributed by atoms with E-state index >= 15 is 0 Å². The second-order valence-corrected chi connectivity index (χ2v) is 6.27. The molecule has 0 aliphatic carbocycles.